The number of anilines is 1. The van der Waals surface area contributed by atoms with Crippen LogP contribution in [0.2, 0.25) is 0 Å². The van der Waals surface area contributed by atoms with Crippen molar-refractivity contribution in [3.63, 3.8) is 0 Å². The largest absolute Gasteiger partial charge is 0.490 e. The fourth-order valence-corrected chi connectivity index (χ4v) is 3.06. The molecular weight excluding hydrogens is 280 g/mol. The second kappa shape index (κ2) is 6.38. The van der Waals surface area contributed by atoms with E-state index in [4.69, 9.17) is 4.74 Å². The number of fused-ring (bicyclic) bond motifs is 1. The van der Waals surface area contributed by atoms with Gasteiger partial charge in [-0.3, -0.25) is 9.59 Å². The van der Waals surface area contributed by atoms with Crippen molar-refractivity contribution >= 4 is 17.4 Å². The van der Waals surface area contributed by atoms with Crippen LogP contribution in [-0.4, -0.2) is 49.4 Å². The predicted octanol–water partition coefficient (Wildman–Crippen LogP) is 2.10. The fourth-order valence-electron chi connectivity index (χ4n) is 3.06. The van der Waals surface area contributed by atoms with Crippen molar-refractivity contribution in [2.45, 2.75) is 26.2 Å². The Hall–Kier alpha value is -2.04. The number of piperidine rings is 1. The van der Waals surface area contributed by atoms with Crippen molar-refractivity contribution in [1.29, 1.82) is 0 Å². The van der Waals surface area contributed by atoms with Crippen LogP contribution in [0.1, 0.15) is 36.5 Å². The van der Waals surface area contributed by atoms with Crippen LogP contribution in [-0.2, 0) is 4.79 Å². The number of ether oxygens (including phenoxy) is 1. The number of Topliss-reactive ketones (excluding diaryl/α,β-unsaturated/α-hetero) is 1. The molecule has 2 heterocycles. The lowest BCUT2D eigenvalue weighted by atomic mass is 10.1. The molecule has 0 spiro atoms. The number of hydrogen-bond acceptors (Lipinski definition) is 4. The normalized spacial score (nSPS) is 17.7. The zero-order valence-corrected chi connectivity index (χ0v) is 13.0. The summed E-state index contributed by atoms with van der Waals surface area (Å²) in [6, 6.07) is 5.43. The highest BCUT2D eigenvalue weighted by Gasteiger charge is 2.24. The third kappa shape index (κ3) is 3.08. The Morgan fingerprint density at radius 3 is 2.64 bits per heavy atom. The van der Waals surface area contributed by atoms with Crippen LogP contribution in [0.5, 0.6) is 5.75 Å². The predicted molar refractivity (Wildman–Crippen MR) is 84.6 cm³/mol. The van der Waals surface area contributed by atoms with Gasteiger partial charge in [0.1, 0.15) is 12.4 Å². The molecule has 1 fully saturated rings. The van der Waals surface area contributed by atoms with Crippen molar-refractivity contribution in [2.75, 3.05) is 37.7 Å². The summed E-state index contributed by atoms with van der Waals surface area (Å²) in [6.45, 7) is 4.88. The first-order chi connectivity index (χ1) is 10.6. The standard InChI is InChI=1S/C17H22N2O3/c1-13(20)14-5-6-16-15(11-14)19(9-10-22-16)12-17(21)18-7-3-2-4-8-18/h5-6,11H,2-4,7-10,12H2,1H3. The molecule has 3 rings (SSSR count). The number of carbonyl (C=O) groups excluding carboxylic acids is 2. The van der Waals surface area contributed by atoms with E-state index < -0.39 is 0 Å². The van der Waals surface area contributed by atoms with Crippen LogP contribution in [0.15, 0.2) is 18.2 Å². The maximum atomic E-state index is 12.5. The Bertz CT molecular complexity index is 579. The minimum atomic E-state index is 0.0238. The Labute approximate surface area is 130 Å². The minimum Gasteiger partial charge on any atom is -0.490 e. The molecule has 0 unspecified atom stereocenters. The molecule has 1 saturated heterocycles. The van der Waals surface area contributed by atoms with Crippen LogP contribution < -0.4 is 9.64 Å². The van der Waals surface area contributed by atoms with E-state index in [9.17, 15) is 9.59 Å². The molecule has 0 saturated carbocycles. The maximum Gasteiger partial charge on any atom is 0.242 e. The number of carbonyl (C=O) groups is 2. The summed E-state index contributed by atoms with van der Waals surface area (Å²) in [5.74, 6) is 0.944. The molecule has 5 nitrogen and oxygen atoms in total. The molecule has 2 aliphatic heterocycles. The van der Waals surface area contributed by atoms with E-state index in [2.05, 4.69) is 0 Å². The van der Waals surface area contributed by atoms with Gasteiger partial charge in [0.05, 0.1) is 18.8 Å². The van der Waals surface area contributed by atoms with E-state index in [0.29, 0.717) is 25.3 Å². The number of hydrogen-bond donors (Lipinski definition) is 0. The van der Waals surface area contributed by atoms with Gasteiger partial charge in [-0.05, 0) is 44.4 Å². The molecule has 118 valence electrons. The minimum absolute atomic E-state index is 0.0238. The van der Waals surface area contributed by atoms with Gasteiger partial charge in [0.25, 0.3) is 0 Å². The number of likely N-dealkylation sites (tertiary alicyclic amines) is 1. The first kappa shape index (κ1) is 14.9. The summed E-state index contributed by atoms with van der Waals surface area (Å²) in [6.07, 6.45) is 3.41. The van der Waals surface area contributed by atoms with Crippen LogP contribution in [0.4, 0.5) is 5.69 Å². The molecule has 0 bridgehead atoms. The molecule has 0 aromatic heterocycles. The van der Waals surface area contributed by atoms with Crippen molar-refractivity contribution in [2.24, 2.45) is 0 Å². The second-order valence-corrected chi connectivity index (χ2v) is 5.95. The average Bonchev–Trinajstić information content (AvgIpc) is 2.55. The van der Waals surface area contributed by atoms with Gasteiger partial charge in [-0.25, -0.2) is 0 Å². The molecular formula is C17H22N2O3. The van der Waals surface area contributed by atoms with Crippen molar-refractivity contribution in [3.8, 4) is 5.75 Å². The average molecular weight is 302 g/mol. The molecule has 0 aliphatic carbocycles. The lowest BCUT2D eigenvalue weighted by Gasteiger charge is -2.34. The van der Waals surface area contributed by atoms with Gasteiger partial charge < -0.3 is 14.5 Å². The third-order valence-electron chi connectivity index (χ3n) is 4.36. The molecule has 2 aliphatic rings. The topological polar surface area (TPSA) is 49.9 Å². The van der Waals surface area contributed by atoms with Crippen LogP contribution in [0, 0.1) is 0 Å². The van der Waals surface area contributed by atoms with Gasteiger partial charge in [-0.1, -0.05) is 0 Å². The Kier molecular flexibility index (Phi) is 4.32. The zero-order valence-electron chi connectivity index (χ0n) is 13.0. The second-order valence-electron chi connectivity index (χ2n) is 5.95. The van der Waals surface area contributed by atoms with Gasteiger partial charge in [-0.15, -0.1) is 0 Å². The third-order valence-corrected chi connectivity index (χ3v) is 4.36. The molecule has 0 atom stereocenters. The lowest BCUT2D eigenvalue weighted by molar-refractivity contribution is -0.130. The molecule has 5 heteroatoms. The highest BCUT2D eigenvalue weighted by Crippen LogP contribution is 2.32. The quantitative estimate of drug-likeness (QED) is 0.802. The lowest BCUT2D eigenvalue weighted by Crippen LogP contribution is -2.45. The summed E-state index contributed by atoms with van der Waals surface area (Å²) in [7, 11) is 0. The van der Waals surface area contributed by atoms with Crippen LogP contribution in [0.25, 0.3) is 0 Å². The molecule has 1 aromatic rings. The van der Waals surface area contributed by atoms with E-state index in [1.165, 1.54) is 6.42 Å². The van der Waals surface area contributed by atoms with Crippen LogP contribution >= 0.6 is 0 Å². The van der Waals surface area contributed by atoms with Gasteiger partial charge in [0.15, 0.2) is 5.78 Å². The summed E-state index contributed by atoms with van der Waals surface area (Å²) < 4.78 is 5.64. The SMILES string of the molecule is CC(=O)c1ccc2c(c1)N(CC(=O)N1CCCCC1)CCO2. The van der Waals surface area contributed by atoms with E-state index in [0.717, 1.165) is 37.4 Å². The maximum absolute atomic E-state index is 12.5. The van der Waals surface area contributed by atoms with E-state index >= 15 is 0 Å². The Morgan fingerprint density at radius 2 is 1.91 bits per heavy atom. The zero-order chi connectivity index (χ0) is 15.5. The Morgan fingerprint density at radius 1 is 1.14 bits per heavy atom. The van der Waals surface area contributed by atoms with E-state index in [1.54, 1.807) is 13.0 Å². The van der Waals surface area contributed by atoms with E-state index in [1.807, 2.05) is 21.9 Å². The smallest absolute Gasteiger partial charge is 0.242 e. The molecule has 0 N–H and O–H groups in total. The summed E-state index contributed by atoms with van der Waals surface area (Å²) in [5.41, 5.74) is 1.50. The first-order valence-electron chi connectivity index (χ1n) is 7.95. The molecule has 1 amide bonds. The Balaban J connectivity index is 1.77. The van der Waals surface area contributed by atoms with Crippen molar-refractivity contribution in [1.82, 2.24) is 4.90 Å². The van der Waals surface area contributed by atoms with Gasteiger partial charge in [0, 0.05) is 18.7 Å². The molecule has 1 aromatic carbocycles. The van der Waals surface area contributed by atoms with Gasteiger partial charge in [-0.2, -0.15) is 0 Å². The van der Waals surface area contributed by atoms with E-state index in [-0.39, 0.29) is 11.7 Å². The van der Waals surface area contributed by atoms with Crippen LogP contribution in [0.3, 0.4) is 0 Å². The monoisotopic (exact) mass is 302 g/mol. The number of rotatable bonds is 3. The summed E-state index contributed by atoms with van der Waals surface area (Å²) >= 11 is 0. The fraction of sp³-hybridized carbons (Fsp3) is 0.529. The number of amides is 1. The van der Waals surface area contributed by atoms with Gasteiger partial charge >= 0.3 is 0 Å². The molecule has 0 radical (unpaired) electrons. The first-order valence-corrected chi connectivity index (χ1v) is 7.95. The highest BCUT2D eigenvalue weighted by atomic mass is 16.5. The van der Waals surface area contributed by atoms with Crippen molar-refractivity contribution < 1.29 is 14.3 Å². The van der Waals surface area contributed by atoms with Crippen molar-refractivity contribution in [3.05, 3.63) is 23.8 Å². The number of benzene rings is 1. The number of nitrogens with zero attached hydrogens (tertiary/aromatic N) is 2. The summed E-state index contributed by atoms with van der Waals surface area (Å²) in [4.78, 5) is 28.0. The number of ketones is 1. The molecule has 22 heavy (non-hydrogen) atoms. The summed E-state index contributed by atoms with van der Waals surface area (Å²) in [5, 5.41) is 0. The van der Waals surface area contributed by atoms with Gasteiger partial charge in [0.2, 0.25) is 5.91 Å². The highest BCUT2D eigenvalue weighted by molar-refractivity contribution is 5.96.